The molecule has 7 nitrogen and oxygen atoms in total. The van der Waals surface area contributed by atoms with Crippen LogP contribution in [0.15, 0.2) is 41.2 Å². The molecule has 0 aliphatic carbocycles. The number of pyridine rings is 1. The van der Waals surface area contributed by atoms with Crippen LogP contribution in [0.3, 0.4) is 0 Å². The molecular weight excluding hydrogens is 466 g/mol. The Morgan fingerprint density at radius 2 is 1.75 bits per heavy atom. The Morgan fingerprint density at radius 3 is 2.38 bits per heavy atom. The summed E-state index contributed by atoms with van der Waals surface area (Å²) in [6.07, 6.45) is -7.31. The topological polar surface area (TPSA) is 81.7 Å². The molecule has 32 heavy (non-hydrogen) atoms. The zero-order chi connectivity index (χ0) is 23.3. The molecular formula is C18H11ClF6N6O. The first kappa shape index (κ1) is 21.9. The van der Waals surface area contributed by atoms with Crippen molar-refractivity contribution in [2.75, 3.05) is 5.32 Å². The summed E-state index contributed by atoms with van der Waals surface area (Å²) in [7, 11) is 0. The van der Waals surface area contributed by atoms with Gasteiger partial charge in [0.2, 0.25) is 0 Å². The fraction of sp³-hybridized carbons (Fsp3) is 0.222. The van der Waals surface area contributed by atoms with E-state index in [1.54, 1.807) is 6.92 Å². The Hall–Kier alpha value is -3.35. The molecule has 0 saturated heterocycles. The maximum absolute atomic E-state index is 13.0. The Labute approximate surface area is 180 Å². The summed E-state index contributed by atoms with van der Waals surface area (Å²) < 4.78 is 83.8. The van der Waals surface area contributed by atoms with Crippen molar-refractivity contribution in [2.24, 2.45) is 0 Å². The zero-order valence-electron chi connectivity index (χ0n) is 15.8. The molecule has 0 bridgehead atoms. The number of alkyl halides is 6. The number of nitrogens with zero attached hydrogens (tertiary/aromatic N) is 5. The summed E-state index contributed by atoms with van der Waals surface area (Å²) in [5.74, 6) is 0.316. The molecule has 1 aromatic carbocycles. The van der Waals surface area contributed by atoms with Crippen molar-refractivity contribution in [1.29, 1.82) is 0 Å². The van der Waals surface area contributed by atoms with Gasteiger partial charge in [-0.05, 0) is 31.2 Å². The van der Waals surface area contributed by atoms with Gasteiger partial charge in [0.1, 0.15) is 11.8 Å². The lowest BCUT2D eigenvalue weighted by Gasteiger charge is -2.13. The van der Waals surface area contributed by atoms with Crippen molar-refractivity contribution in [3.63, 3.8) is 0 Å². The number of oxazole rings is 1. The van der Waals surface area contributed by atoms with E-state index in [4.69, 9.17) is 16.0 Å². The number of fused-ring (bicyclic) bond motifs is 1. The number of aromatic nitrogens is 5. The third-order valence-electron chi connectivity index (χ3n) is 4.37. The first-order valence-corrected chi connectivity index (χ1v) is 9.18. The Balaban J connectivity index is 1.60. The van der Waals surface area contributed by atoms with Gasteiger partial charge in [0.05, 0.1) is 22.2 Å². The normalized spacial score (nSPS) is 13.5. The number of rotatable bonds is 4. The van der Waals surface area contributed by atoms with Gasteiger partial charge in [-0.1, -0.05) is 11.6 Å². The molecule has 0 unspecified atom stereocenters. The van der Waals surface area contributed by atoms with E-state index in [1.807, 2.05) is 0 Å². The van der Waals surface area contributed by atoms with Crippen LogP contribution in [0.4, 0.5) is 32.4 Å². The molecule has 1 N–H and O–H groups in total. The minimum absolute atomic E-state index is 0.0414. The second-order valence-electron chi connectivity index (χ2n) is 6.62. The van der Waals surface area contributed by atoms with Gasteiger partial charge < -0.3 is 9.73 Å². The molecule has 168 valence electrons. The van der Waals surface area contributed by atoms with Crippen LogP contribution in [0.5, 0.6) is 0 Å². The van der Waals surface area contributed by atoms with Crippen molar-refractivity contribution in [3.8, 4) is 5.82 Å². The number of benzene rings is 1. The lowest BCUT2D eigenvalue weighted by Crippen LogP contribution is -2.15. The highest BCUT2D eigenvalue weighted by atomic mass is 35.5. The number of halogens is 7. The third-order valence-corrected chi connectivity index (χ3v) is 4.65. The average molecular weight is 477 g/mol. The van der Waals surface area contributed by atoms with Crippen molar-refractivity contribution in [1.82, 2.24) is 24.7 Å². The number of nitrogens with one attached hydrogen (secondary N) is 1. The van der Waals surface area contributed by atoms with Crippen LogP contribution in [0, 0.1) is 0 Å². The number of hydrogen-bond donors (Lipinski definition) is 1. The maximum atomic E-state index is 13.0. The molecule has 3 aromatic heterocycles. The summed E-state index contributed by atoms with van der Waals surface area (Å²) >= 11 is 5.89. The fourth-order valence-electron chi connectivity index (χ4n) is 2.87. The molecule has 1 atom stereocenters. The zero-order valence-corrected chi connectivity index (χ0v) is 16.6. The van der Waals surface area contributed by atoms with E-state index in [0.29, 0.717) is 6.20 Å². The summed E-state index contributed by atoms with van der Waals surface area (Å²) in [6, 6.07) is 2.71. The van der Waals surface area contributed by atoms with Gasteiger partial charge >= 0.3 is 12.4 Å². The SMILES string of the molecule is C[C@H](Nc1nc2cc(C(F)(F)F)cc(Cl)c2o1)c1ncnn1-c1ccc(C(F)(F)F)cn1. The summed E-state index contributed by atoms with van der Waals surface area (Å²) in [5.41, 5.74) is -2.04. The second kappa shape index (κ2) is 7.65. The van der Waals surface area contributed by atoms with Crippen LogP contribution in [0.25, 0.3) is 16.9 Å². The van der Waals surface area contributed by atoms with Gasteiger partial charge in [-0.3, -0.25) is 0 Å². The lowest BCUT2D eigenvalue weighted by atomic mass is 10.2. The van der Waals surface area contributed by atoms with E-state index in [-0.39, 0.29) is 33.8 Å². The second-order valence-corrected chi connectivity index (χ2v) is 7.03. The van der Waals surface area contributed by atoms with Gasteiger partial charge in [0.25, 0.3) is 6.01 Å². The van der Waals surface area contributed by atoms with Crippen molar-refractivity contribution in [3.05, 3.63) is 58.8 Å². The first-order chi connectivity index (χ1) is 14.9. The molecule has 0 radical (unpaired) electrons. The Kier molecular flexibility index (Phi) is 5.23. The number of hydrogen-bond acceptors (Lipinski definition) is 6. The standard InChI is InChI=1S/C18H11ClF6N6O/c1-8(15-27-7-28-31(15)13-3-2-9(6-26-13)17(20,21)22)29-16-30-12-5-10(18(23,24)25)4-11(19)14(12)32-16/h2-8H,1H3,(H,29,30)/t8-/m0/s1. The minimum Gasteiger partial charge on any atom is -0.422 e. The van der Waals surface area contributed by atoms with Crippen LogP contribution in [0.2, 0.25) is 5.02 Å². The predicted octanol–water partition coefficient (Wildman–Crippen LogP) is 5.67. The summed E-state index contributed by atoms with van der Waals surface area (Å²) in [4.78, 5) is 11.8. The molecule has 3 heterocycles. The van der Waals surface area contributed by atoms with Crippen LogP contribution in [0.1, 0.15) is 29.9 Å². The fourth-order valence-corrected chi connectivity index (χ4v) is 3.12. The molecule has 0 fully saturated rings. The largest absolute Gasteiger partial charge is 0.422 e. The highest BCUT2D eigenvalue weighted by molar-refractivity contribution is 6.34. The van der Waals surface area contributed by atoms with Crippen LogP contribution in [-0.2, 0) is 12.4 Å². The van der Waals surface area contributed by atoms with E-state index in [2.05, 4.69) is 25.4 Å². The first-order valence-electron chi connectivity index (χ1n) is 8.81. The van der Waals surface area contributed by atoms with E-state index < -0.39 is 29.5 Å². The monoisotopic (exact) mass is 476 g/mol. The summed E-state index contributed by atoms with van der Waals surface area (Å²) in [6.45, 7) is 1.61. The molecule has 4 rings (SSSR count). The van der Waals surface area contributed by atoms with Crippen molar-refractivity contribution < 1.29 is 30.8 Å². The van der Waals surface area contributed by atoms with Crippen LogP contribution >= 0.6 is 11.6 Å². The third kappa shape index (κ3) is 4.20. The van der Waals surface area contributed by atoms with E-state index in [9.17, 15) is 26.3 Å². The average Bonchev–Trinajstić information content (AvgIpc) is 3.33. The molecule has 0 aliphatic heterocycles. The minimum atomic E-state index is -4.61. The lowest BCUT2D eigenvalue weighted by molar-refractivity contribution is -0.138. The Morgan fingerprint density at radius 1 is 1.03 bits per heavy atom. The quantitative estimate of drug-likeness (QED) is 0.382. The predicted molar refractivity (Wildman–Crippen MR) is 100 cm³/mol. The van der Waals surface area contributed by atoms with Crippen molar-refractivity contribution in [2.45, 2.75) is 25.3 Å². The molecule has 0 spiro atoms. The van der Waals surface area contributed by atoms with Gasteiger partial charge in [0.15, 0.2) is 17.2 Å². The van der Waals surface area contributed by atoms with E-state index >= 15 is 0 Å². The van der Waals surface area contributed by atoms with Gasteiger partial charge in [-0.15, -0.1) is 0 Å². The highest BCUT2D eigenvalue weighted by Crippen LogP contribution is 2.36. The van der Waals surface area contributed by atoms with Gasteiger partial charge in [0, 0.05) is 6.20 Å². The van der Waals surface area contributed by atoms with Crippen LogP contribution in [-0.4, -0.2) is 24.7 Å². The summed E-state index contributed by atoms with van der Waals surface area (Å²) in [5, 5.41) is 6.51. The molecule has 0 saturated carbocycles. The smallest absolute Gasteiger partial charge is 0.417 e. The molecule has 0 aliphatic rings. The van der Waals surface area contributed by atoms with E-state index in [1.165, 1.54) is 11.0 Å². The van der Waals surface area contributed by atoms with Gasteiger partial charge in [-0.25, -0.2) is 9.97 Å². The van der Waals surface area contributed by atoms with Crippen molar-refractivity contribution >= 4 is 28.7 Å². The van der Waals surface area contributed by atoms with Crippen LogP contribution < -0.4 is 5.32 Å². The highest BCUT2D eigenvalue weighted by Gasteiger charge is 2.33. The number of anilines is 1. The maximum Gasteiger partial charge on any atom is 0.417 e. The van der Waals surface area contributed by atoms with E-state index in [0.717, 1.165) is 24.3 Å². The molecule has 4 aromatic rings. The molecule has 14 heteroatoms. The van der Waals surface area contributed by atoms with Gasteiger partial charge in [-0.2, -0.15) is 41.1 Å². The molecule has 0 amide bonds. The Bertz CT molecular complexity index is 1260.